The number of aliphatic hydroxyl groups is 2. The molecule has 1 aromatic rings. The van der Waals surface area contributed by atoms with Gasteiger partial charge in [0.05, 0.1) is 12.5 Å². The van der Waals surface area contributed by atoms with Crippen molar-refractivity contribution in [3.63, 3.8) is 0 Å². The molecule has 10 aliphatic rings. The van der Waals surface area contributed by atoms with Crippen molar-refractivity contribution in [1.82, 2.24) is 0 Å². The summed E-state index contributed by atoms with van der Waals surface area (Å²) >= 11 is 0. The van der Waals surface area contributed by atoms with Gasteiger partial charge in [-0.15, -0.1) is 0 Å². The highest BCUT2D eigenvalue weighted by Gasteiger charge is 2.76. The third-order valence-electron chi connectivity index (χ3n) is 25.1. The summed E-state index contributed by atoms with van der Waals surface area (Å²) in [6.07, 6.45) is 15.8. The van der Waals surface area contributed by atoms with Crippen LogP contribution < -0.4 is 9.47 Å². The SMILES string of the molecule is COC(=O)[C@]1(C)CC[C@]2(C)CC[C@]3(C)C4=CC(=O)c5c(cc6c(c5C)O[C@@]5(C)C7=CC[C@]8(C)[C@@]9(C)CC[C@@]%10(C)[C@H](O)C(=O)[C@H](C)C[C@H]%10[C@]9(C)CC[C@@]8(C)C7=CC(=O)[C@@]5(O)O6)[C@]4(C)CC[C@@]3(C)[C@@H]2C1. The number of esters is 1. The molecule has 16 atom stereocenters. The summed E-state index contributed by atoms with van der Waals surface area (Å²) in [5, 5.41) is 24.5. The van der Waals surface area contributed by atoms with Crippen LogP contribution >= 0.6 is 0 Å². The van der Waals surface area contributed by atoms with Gasteiger partial charge in [-0.25, -0.2) is 0 Å². The first-order chi connectivity index (χ1) is 31.4. The van der Waals surface area contributed by atoms with Crippen molar-refractivity contribution in [2.24, 2.45) is 66.5 Å². The maximum Gasteiger partial charge on any atom is 0.317 e. The van der Waals surface area contributed by atoms with Crippen molar-refractivity contribution in [2.75, 3.05) is 7.11 Å². The number of carbonyl (C=O) groups is 4. The number of hydrogen-bond donors (Lipinski definition) is 2. The zero-order valence-corrected chi connectivity index (χ0v) is 43.6. The summed E-state index contributed by atoms with van der Waals surface area (Å²) in [6, 6.07) is 1.91. The molecular weight excluding hydrogens is 853 g/mol. The highest BCUT2D eigenvalue weighted by molar-refractivity contribution is 6.10. The van der Waals surface area contributed by atoms with Crippen molar-refractivity contribution >= 4 is 23.3 Å². The molecule has 0 radical (unpaired) electrons. The lowest BCUT2D eigenvalue weighted by Gasteiger charge is -2.76. The summed E-state index contributed by atoms with van der Waals surface area (Å²) < 4.78 is 19.3. The second kappa shape index (κ2) is 13.3. The average molecular weight is 931 g/mol. The van der Waals surface area contributed by atoms with E-state index in [1.54, 1.807) is 13.0 Å². The second-order valence-corrected chi connectivity index (χ2v) is 27.3. The van der Waals surface area contributed by atoms with E-state index in [0.29, 0.717) is 23.3 Å². The minimum absolute atomic E-state index is 0.0274. The molecule has 0 bridgehead atoms. The van der Waals surface area contributed by atoms with Crippen LogP contribution in [0.4, 0.5) is 0 Å². The smallest absolute Gasteiger partial charge is 0.317 e. The Bertz CT molecular complexity index is 2660. The number of hydrogen-bond acceptors (Lipinski definition) is 9. The summed E-state index contributed by atoms with van der Waals surface area (Å²) in [5.74, 6) is -2.25. The van der Waals surface area contributed by atoms with Crippen LogP contribution in [0.1, 0.15) is 188 Å². The molecule has 0 aromatic heterocycles. The van der Waals surface area contributed by atoms with Crippen LogP contribution in [0.15, 0.2) is 41.0 Å². The average Bonchev–Trinajstić information content (AvgIpc) is 3.28. The first-order valence-electron chi connectivity index (χ1n) is 26.2. The van der Waals surface area contributed by atoms with Crippen molar-refractivity contribution < 1.29 is 43.6 Å². The number of ketones is 3. The van der Waals surface area contributed by atoms with Crippen LogP contribution in [0.5, 0.6) is 11.5 Å². The highest BCUT2D eigenvalue weighted by atomic mass is 16.7. The Morgan fingerprint density at radius 3 is 2.10 bits per heavy atom. The van der Waals surface area contributed by atoms with Crippen LogP contribution in [0, 0.1) is 73.4 Å². The minimum Gasteiger partial charge on any atom is -0.471 e. The van der Waals surface area contributed by atoms with Gasteiger partial charge in [0.1, 0.15) is 6.10 Å². The molecule has 0 unspecified atom stereocenters. The molecule has 11 rings (SSSR count). The molecule has 9 aliphatic carbocycles. The number of ether oxygens (including phenoxy) is 3. The van der Waals surface area contributed by atoms with Gasteiger partial charge in [0.15, 0.2) is 23.1 Å². The number of benzene rings is 1. The zero-order valence-electron chi connectivity index (χ0n) is 43.6. The van der Waals surface area contributed by atoms with Crippen LogP contribution in [-0.2, 0) is 24.5 Å². The number of rotatable bonds is 1. The third kappa shape index (κ3) is 4.89. The van der Waals surface area contributed by atoms with Gasteiger partial charge in [0.25, 0.3) is 0 Å². The number of fused-ring (bicyclic) bond motifs is 17. The Morgan fingerprint density at radius 2 is 1.41 bits per heavy atom. The number of aliphatic hydroxyl groups excluding tert-OH is 1. The summed E-state index contributed by atoms with van der Waals surface area (Å²) in [5.41, 5.74) is 0.0993. The van der Waals surface area contributed by atoms with E-state index in [4.69, 9.17) is 14.2 Å². The van der Waals surface area contributed by atoms with Gasteiger partial charge in [0, 0.05) is 33.4 Å². The standard InChI is InChI=1S/C59H78O9/c1-32-27-39-51(6,46(63)44(32)62)21-26-57(12)55(39,10)25-24-52(7)35-29-42(61)59(65)58(13,34(35)15-16-56(52,57)11)68-45-33(2)43-36(28-38(45)67-59)50(5)20-23-54(9)41-31-49(4,47(64)66-14)18-17-48(41,3)19-22-53(54,8)40(50)30-37(43)60/h15,28-30,32,39,41,46,63,65H,16-27,31H2,1-14H3/t32-,39-,41-,46-,48-,49-,50+,51-,52+,53-,54+,55+,56+,57+,58+,59-/m1/s1. The molecule has 6 saturated carbocycles. The number of carbonyl (C=O) groups excluding carboxylic acids is 4. The van der Waals surface area contributed by atoms with Gasteiger partial charge in [-0.3, -0.25) is 19.2 Å². The van der Waals surface area contributed by atoms with Crippen LogP contribution in [0.25, 0.3) is 0 Å². The molecule has 0 spiro atoms. The van der Waals surface area contributed by atoms with Crippen LogP contribution in [0.2, 0.25) is 0 Å². The molecule has 9 nitrogen and oxygen atoms in total. The predicted octanol–water partition coefficient (Wildman–Crippen LogP) is 11.2. The quantitative estimate of drug-likeness (QED) is 0.264. The van der Waals surface area contributed by atoms with Crippen molar-refractivity contribution in [1.29, 1.82) is 0 Å². The van der Waals surface area contributed by atoms with Gasteiger partial charge in [-0.05, 0) is 189 Å². The number of allylic oxidation sites excluding steroid dienone is 3. The Kier molecular flexibility index (Phi) is 9.14. The summed E-state index contributed by atoms with van der Waals surface area (Å²) in [4.78, 5) is 56.5. The minimum atomic E-state index is -2.36. The normalized spacial score (nSPS) is 51.8. The number of Topliss-reactive ketones (excluding diaryl/α,β-unsaturated/α-hetero) is 1. The topological polar surface area (TPSA) is 136 Å². The highest BCUT2D eigenvalue weighted by Crippen LogP contribution is 2.81. The fraction of sp³-hybridized carbons (Fsp3) is 0.729. The largest absolute Gasteiger partial charge is 0.471 e. The second-order valence-electron chi connectivity index (χ2n) is 27.3. The Labute approximate surface area is 404 Å². The van der Waals surface area contributed by atoms with E-state index in [1.165, 1.54) is 7.11 Å². The Hall–Kier alpha value is -3.56. The first kappa shape index (κ1) is 46.8. The van der Waals surface area contributed by atoms with E-state index in [-0.39, 0.29) is 73.5 Å². The predicted molar refractivity (Wildman–Crippen MR) is 259 cm³/mol. The monoisotopic (exact) mass is 931 g/mol. The molecule has 1 aromatic carbocycles. The Balaban J connectivity index is 0.968. The molecule has 0 saturated heterocycles. The maximum absolute atomic E-state index is 15.0. The van der Waals surface area contributed by atoms with Crippen molar-refractivity contribution in [3.8, 4) is 11.5 Å². The number of methoxy groups -OCH3 is 1. The lowest BCUT2D eigenvalue weighted by atomic mass is 9.28. The van der Waals surface area contributed by atoms with Crippen LogP contribution in [-0.4, -0.2) is 58.1 Å². The molecule has 68 heavy (non-hydrogen) atoms. The van der Waals surface area contributed by atoms with E-state index in [9.17, 15) is 29.4 Å². The van der Waals surface area contributed by atoms with E-state index in [1.807, 2.05) is 26.0 Å². The van der Waals surface area contributed by atoms with Gasteiger partial charge in [0.2, 0.25) is 11.4 Å². The third-order valence-corrected chi connectivity index (χ3v) is 25.1. The zero-order chi connectivity index (χ0) is 49.4. The lowest BCUT2D eigenvalue weighted by Crippen LogP contribution is -2.73. The molecular formula is C59H78O9. The van der Waals surface area contributed by atoms with E-state index in [0.717, 1.165) is 99.3 Å². The van der Waals surface area contributed by atoms with Gasteiger partial charge >= 0.3 is 11.8 Å². The fourth-order valence-corrected chi connectivity index (χ4v) is 19.5. The maximum atomic E-state index is 15.0. The lowest BCUT2D eigenvalue weighted by molar-refractivity contribution is -0.261. The van der Waals surface area contributed by atoms with Crippen molar-refractivity contribution in [3.05, 3.63) is 57.7 Å². The van der Waals surface area contributed by atoms with Gasteiger partial charge < -0.3 is 24.4 Å². The van der Waals surface area contributed by atoms with E-state index >= 15 is 0 Å². The van der Waals surface area contributed by atoms with E-state index in [2.05, 4.69) is 75.3 Å². The molecule has 368 valence electrons. The van der Waals surface area contributed by atoms with Crippen molar-refractivity contribution in [2.45, 2.75) is 196 Å². The summed E-state index contributed by atoms with van der Waals surface area (Å²) in [7, 11) is 1.50. The Morgan fingerprint density at radius 1 is 0.750 bits per heavy atom. The fourth-order valence-electron chi connectivity index (χ4n) is 19.5. The first-order valence-corrected chi connectivity index (χ1v) is 26.2. The molecule has 1 aliphatic heterocycles. The molecule has 1 heterocycles. The van der Waals surface area contributed by atoms with E-state index < -0.39 is 44.9 Å². The molecule has 9 heteroatoms. The molecule has 2 N–H and O–H groups in total. The van der Waals surface area contributed by atoms with Gasteiger partial charge in [-0.2, -0.15) is 0 Å². The molecule has 0 amide bonds. The van der Waals surface area contributed by atoms with Crippen LogP contribution in [0.3, 0.4) is 0 Å². The van der Waals surface area contributed by atoms with Gasteiger partial charge in [-0.1, -0.05) is 75.3 Å². The summed E-state index contributed by atoms with van der Waals surface area (Å²) in [6.45, 7) is 29.0. The molecule has 6 fully saturated rings.